The van der Waals surface area contributed by atoms with E-state index >= 15 is 0 Å². The van der Waals surface area contributed by atoms with E-state index in [1.54, 1.807) is 0 Å². The van der Waals surface area contributed by atoms with Crippen LogP contribution in [0.2, 0.25) is 0 Å². The van der Waals surface area contributed by atoms with Crippen molar-refractivity contribution in [3.05, 3.63) is 35.9 Å². The minimum Gasteiger partial charge on any atom is -0.396 e. The number of nitrogens with one attached hydrogen (secondary N) is 2. The maximum Gasteiger partial charge on any atom is 0.191 e. The van der Waals surface area contributed by atoms with E-state index in [1.807, 2.05) is 18.2 Å². The monoisotopic (exact) mass is 474 g/mol. The Morgan fingerprint density at radius 1 is 1.27 bits per heavy atom. The van der Waals surface area contributed by atoms with Crippen LogP contribution in [0.3, 0.4) is 0 Å². The van der Waals surface area contributed by atoms with E-state index in [4.69, 9.17) is 4.99 Å². The first-order valence-electron chi connectivity index (χ1n) is 9.67. The van der Waals surface area contributed by atoms with Crippen LogP contribution in [0.5, 0.6) is 0 Å². The van der Waals surface area contributed by atoms with Gasteiger partial charge in [0.25, 0.3) is 0 Å². The summed E-state index contributed by atoms with van der Waals surface area (Å²) in [4.78, 5) is 7.25. The molecule has 0 spiro atoms. The van der Waals surface area contributed by atoms with Crippen LogP contribution >= 0.6 is 24.0 Å². The van der Waals surface area contributed by atoms with E-state index in [2.05, 4.69) is 41.5 Å². The largest absolute Gasteiger partial charge is 0.396 e. The fourth-order valence-corrected chi connectivity index (χ4v) is 3.38. The minimum absolute atomic E-state index is 0. The standard InChI is InChI=1S/C20H34N4O.HI/c1-3-11-24-12-10-17(15-24)13-22-20(21-4-2)23-14-19(16-25)18-8-6-5-7-9-18;/h5-9,17,19,25H,3-4,10-16H2,1-2H3,(H2,21,22,23);1H. The second-order valence-electron chi connectivity index (χ2n) is 6.85. The molecule has 2 rings (SSSR count). The van der Waals surface area contributed by atoms with E-state index in [9.17, 15) is 5.11 Å². The molecule has 1 fully saturated rings. The molecule has 0 radical (unpaired) electrons. The van der Waals surface area contributed by atoms with Crippen LogP contribution in [0, 0.1) is 5.92 Å². The number of aliphatic hydroxyl groups excluding tert-OH is 1. The van der Waals surface area contributed by atoms with Gasteiger partial charge in [-0.3, -0.25) is 4.99 Å². The number of halogens is 1. The summed E-state index contributed by atoms with van der Waals surface area (Å²) in [6.45, 7) is 10.4. The van der Waals surface area contributed by atoms with Gasteiger partial charge in [-0.05, 0) is 44.3 Å². The molecule has 0 bridgehead atoms. The molecule has 1 aromatic carbocycles. The molecule has 1 saturated heterocycles. The van der Waals surface area contributed by atoms with E-state index in [-0.39, 0.29) is 36.5 Å². The molecule has 6 heteroatoms. The van der Waals surface area contributed by atoms with E-state index in [0.29, 0.717) is 12.5 Å². The minimum atomic E-state index is 0. The molecule has 1 heterocycles. The van der Waals surface area contributed by atoms with Crippen molar-refractivity contribution in [1.29, 1.82) is 0 Å². The maximum atomic E-state index is 9.69. The van der Waals surface area contributed by atoms with Gasteiger partial charge in [-0.25, -0.2) is 0 Å². The number of hydrogen-bond acceptors (Lipinski definition) is 3. The van der Waals surface area contributed by atoms with Crippen molar-refractivity contribution in [3.8, 4) is 0 Å². The smallest absolute Gasteiger partial charge is 0.191 e. The van der Waals surface area contributed by atoms with Crippen molar-refractivity contribution in [2.75, 3.05) is 45.9 Å². The van der Waals surface area contributed by atoms with Crippen LogP contribution in [0.1, 0.15) is 38.2 Å². The number of nitrogens with zero attached hydrogens (tertiary/aromatic N) is 2. The average molecular weight is 474 g/mol. The number of guanidine groups is 1. The molecule has 0 aliphatic carbocycles. The second-order valence-corrected chi connectivity index (χ2v) is 6.85. The lowest BCUT2D eigenvalue weighted by Gasteiger charge is -2.18. The molecule has 1 aromatic rings. The van der Waals surface area contributed by atoms with Gasteiger partial charge in [0.2, 0.25) is 0 Å². The average Bonchev–Trinajstić information content (AvgIpc) is 3.09. The van der Waals surface area contributed by atoms with Crippen LogP contribution in [-0.4, -0.2) is 61.8 Å². The van der Waals surface area contributed by atoms with Crippen molar-refractivity contribution in [1.82, 2.24) is 15.5 Å². The maximum absolute atomic E-state index is 9.69. The summed E-state index contributed by atoms with van der Waals surface area (Å²) >= 11 is 0. The van der Waals surface area contributed by atoms with Crippen molar-refractivity contribution in [3.63, 3.8) is 0 Å². The summed E-state index contributed by atoms with van der Waals surface area (Å²) in [7, 11) is 0. The lowest BCUT2D eigenvalue weighted by molar-refractivity contribution is 0.268. The molecule has 5 nitrogen and oxygen atoms in total. The van der Waals surface area contributed by atoms with Crippen molar-refractivity contribution < 1.29 is 5.11 Å². The first-order valence-corrected chi connectivity index (χ1v) is 9.67. The zero-order valence-electron chi connectivity index (χ0n) is 16.2. The molecule has 0 aromatic heterocycles. The van der Waals surface area contributed by atoms with Crippen molar-refractivity contribution in [2.24, 2.45) is 10.9 Å². The Bertz CT molecular complexity index is 512. The molecule has 2 atom stereocenters. The molecule has 2 unspecified atom stereocenters. The van der Waals surface area contributed by atoms with Gasteiger partial charge < -0.3 is 20.6 Å². The van der Waals surface area contributed by atoms with Gasteiger partial charge >= 0.3 is 0 Å². The van der Waals surface area contributed by atoms with Gasteiger partial charge in [0.15, 0.2) is 5.96 Å². The first-order chi connectivity index (χ1) is 12.3. The van der Waals surface area contributed by atoms with Crippen LogP contribution in [0.15, 0.2) is 35.3 Å². The first kappa shape index (κ1) is 23.2. The number of benzene rings is 1. The van der Waals surface area contributed by atoms with Gasteiger partial charge in [0, 0.05) is 25.6 Å². The molecule has 0 amide bonds. The second kappa shape index (κ2) is 13.3. The summed E-state index contributed by atoms with van der Waals surface area (Å²) in [5.74, 6) is 1.59. The van der Waals surface area contributed by atoms with Crippen LogP contribution in [-0.2, 0) is 0 Å². The van der Waals surface area contributed by atoms with Crippen molar-refractivity contribution >= 4 is 29.9 Å². The zero-order valence-corrected chi connectivity index (χ0v) is 18.5. The Morgan fingerprint density at radius 3 is 2.69 bits per heavy atom. The van der Waals surface area contributed by atoms with Gasteiger partial charge in [-0.2, -0.15) is 0 Å². The summed E-state index contributed by atoms with van der Waals surface area (Å²) < 4.78 is 0. The predicted molar refractivity (Wildman–Crippen MR) is 121 cm³/mol. The summed E-state index contributed by atoms with van der Waals surface area (Å²) in [5, 5.41) is 16.5. The fraction of sp³-hybridized carbons (Fsp3) is 0.650. The zero-order chi connectivity index (χ0) is 17.9. The number of aliphatic hydroxyl groups is 1. The predicted octanol–water partition coefficient (Wildman–Crippen LogP) is 2.67. The topological polar surface area (TPSA) is 59.9 Å². The Morgan fingerprint density at radius 2 is 2.04 bits per heavy atom. The lowest BCUT2D eigenvalue weighted by Crippen LogP contribution is -2.40. The quantitative estimate of drug-likeness (QED) is 0.293. The SMILES string of the molecule is CCCN1CCC(CNC(=NCC(CO)c2ccccc2)NCC)C1.I. The lowest BCUT2D eigenvalue weighted by atomic mass is 10.0. The Balaban J connectivity index is 0.00000338. The molecular weight excluding hydrogens is 439 g/mol. The molecule has 0 saturated carbocycles. The molecule has 1 aliphatic heterocycles. The fourth-order valence-electron chi connectivity index (χ4n) is 3.38. The Labute approximate surface area is 175 Å². The van der Waals surface area contributed by atoms with Crippen LogP contribution in [0.4, 0.5) is 0 Å². The number of likely N-dealkylation sites (tertiary alicyclic amines) is 1. The number of aliphatic imine (C=N–C) groups is 1. The number of rotatable bonds is 9. The molecule has 1 aliphatic rings. The van der Waals surface area contributed by atoms with E-state index < -0.39 is 0 Å². The Hall–Kier alpha value is -0.860. The van der Waals surface area contributed by atoms with Crippen LogP contribution < -0.4 is 10.6 Å². The van der Waals surface area contributed by atoms with Gasteiger partial charge in [0.1, 0.15) is 0 Å². The third-order valence-electron chi connectivity index (χ3n) is 4.77. The normalized spacial score (nSPS) is 19.0. The molecule has 148 valence electrons. The van der Waals surface area contributed by atoms with E-state index in [0.717, 1.165) is 24.6 Å². The summed E-state index contributed by atoms with van der Waals surface area (Å²) in [5.41, 5.74) is 1.13. The third kappa shape index (κ3) is 7.80. The highest BCUT2D eigenvalue weighted by molar-refractivity contribution is 14.0. The van der Waals surface area contributed by atoms with Crippen LogP contribution in [0.25, 0.3) is 0 Å². The summed E-state index contributed by atoms with van der Waals surface area (Å²) in [6, 6.07) is 10.1. The molecule has 26 heavy (non-hydrogen) atoms. The Kier molecular flexibility index (Phi) is 11.9. The molecule has 3 N–H and O–H groups in total. The third-order valence-corrected chi connectivity index (χ3v) is 4.77. The van der Waals surface area contributed by atoms with Gasteiger partial charge in [-0.15, -0.1) is 24.0 Å². The highest BCUT2D eigenvalue weighted by Crippen LogP contribution is 2.16. The molecular formula is C20H35IN4O. The number of hydrogen-bond donors (Lipinski definition) is 3. The van der Waals surface area contributed by atoms with Gasteiger partial charge in [-0.1, -0.05) is 37.3 Å². The van der Waals surface area contributed by atoms with Gasteiger partial charge in [0.05, 0.1) is 13.2 Å². The summed E-state index contributed by atoms with van der Waals surface area (Å²) in [6.07, 6.45) is 2.49. The highest BCUT2D eigenvalue weighted by Gasteiger charge is 2.21. The van der Waals surface area contributed by atoms with E-state index in [1.165, 1.54) is 32.5 Å². The van der Waals surface area contributed by atoms with Crippen molar-refractivity contribution in [2.45, 2.75) is 32.6 Å². The highest BCUT2D eigenvalue weighted by atomic mass is 127.